The van der Waals surface area contributed by atoms with Gasteiger partial charge in [0.25, 0.3) is 0 Å². The van der Waals surface area contributed by atoms with E-state index >= 15 is 0 Å². The normalized spacial score (nSPS) is 14.9. The lowest BCUT2D eigenvalue weighted by molar-refractivity contribution is 0.0920. The molecule has 1 amide bonds. The molecule has 2 aromatic carbocycles. The minimum absolute atomic E-state index is 0.0291. The molecule has 1 fully saturated rings. The average Bonchev–Trinajstić information content (AvgIpc) is 2.67. The van der Waals surface area contributed by atoms with Crippen LogP contribution in [0.1, 0.15) is 64.3 Å². The largest absolute Gasteiger partial charge is 0.485 e. The summed E-state index contributed by atoms with van der Waals surface area (Å²) in [5.74, 6) is 0.630. The Morgan fingerprint density at radius 1 is 0.880 bits per heavy atom. The predicted octanol–water partition coefficient (Wildman–Crippen LogP) is 4.09. The maximum atomic E-state index is 12.3. The third kappa shape index (κ3) is 4.47. The van der Waals surface area contributed by atoms with Crippen LogP contribution in [0.15, 0.2) is 48.5 Å². The molecule has 0 bridgehead atoms. The Balaban J connectivity index is 1.56. The number of amides is 1. The van der Waals surface area contributed by atoms with Crippen molar-refractivity contribution in [2.24, 2.45) is 5.73 Å². The maximum Gasteiger partial charge on any atom is 0.248 e. The Hall–Kier alpha value is -2.62. The zero-order valence-corrected chi connectivity index (χ0v) is 14.2. The van der Waals surface area contributed by atoms with E-state index in [2.05, 4.69) is 12.1 Å². The van der Waals surface area contributed by atoms with E-state index in [1.165, 1.54) is 37.7 Å². The number of ether oxygens (including phenoxy) is 1. The van der Waals surface area contributed by atoms with Gasteiger partial charge in [-0.3, -0.25) is 9.59 Å². The van der Waals surface area contributed by atoms with Crippen LogP contribution in [0.25, 0.3) is 0 Å². The summed E-state index contributed by atoms with van der Waals surface area (Å²) >= 11 is 0. The molecule has 130 valence electrons. The average molecular weight is 337 g/mol. The molecule has 4 heteroatoms. The molecule has 0 spiro atoms. The molecule has 0 radical (unpaired) electrons. The van der Waals surface area contributed by atoms with Gasteiger partial charge in [0.15, 0.2) is 12.4 Å². The number of rotatable bonds is 6. The van der Waals surface area contributed by atoms with Crippen LogP contribution in [0.5, 0.6) is 5.75 Å². The van der Waals surface area contributed by atoms with Crippen molar-refractivity contribution in [3.63, 3.8) is 0 Å². The smallest absolute Gasteiger partial charge is 0.248 e. The van der Waals surface area contributed by atoms with Crippen LogP contribution < -0.4 is 10.5 Å². The van der Waals surface area contributed by atoms with E-state index in [1.807, 2.05) is 12.1 Å². The molecule has 0 heterocycles. The summed E-state index contributed by atoms with van der Waals surface area (Å²) in [4.78, 5) is 23.3. The Morgan fingerprint density at radius 2 is 1.48 bits per heavy atom. The van der Waals surface area contributed by atoms with Gasteiger partial charge >= 0.3 is 0 Å². The summed E-state index contributed by atoms with van der Waals surface area (Å²) in [7, 11) is 0. The number of nitrogens with two attached hydrogens (primary N) is 1. The van der Waals surface area contributed by atoms with Gasteiger partial charge in [0.05, 0.1) is 0 Å². The second-order valence-corrected chi connectivity index (χ2v) is 6.56. The van der Waals surface area contributed by atoms with Crippen molar-refractivity contribution in [1.82, 2.24) is 0 Å². The lowest BCUT2D eigenvalue weighted by atomic mass is 9.84. The standard InChI is InChI=1S/C21H23NO3/c22-21(24)18-10-12-19(13-11-18)25-14-20(23)17-8-6-16(7-9-17)15-4-2-1-3-5-15/h6-13,15H,1-5,14H2,(H2,22,24). The molecule has 0 unspecified atom stereocenters. The monoisotopic (exact) mass is 337 g/mol. The van der Waals surface area contributed by atoms with Gasteiger partial charge in [-0.1, -0.05) is 43.5 Å². The maximum absolute atomic E-state index is 12.3. The Labute approximate surface area is 148 Å². The van der Waals surface area contributed by atoms with E-state index in [1.54, 1.807) is 24.3 Å². The summed E-state index contributed by atoms with van der Waals surface area (Å²) in [5.41, 5.74) is 7.60. The molecule has 25 heavy (non-hydrogen) atoms. The molecule has 2 N–H and O–H groups in total. The Kier molecular flexibility index (Phi) is 5.49. The van der Waals surface area contributed by atoms with Gasteiger partial charge in [-0.15, -0.1) is 0 Å². The molecule has 0 aliphatic heterocycles. The van der Waals surface area contributed by atoms with Gasteiger partial charge in [-0.2, -0.15) is 0 Å². The number of hydrogen-bond acceptors (Lipinski definition) is 3. The lowest BCUT2D eigenvalue weighted by Gasteiger charge is -2.22. The Bertz CT molecular complexity index is 729. The second-order valence-electron chi connectivity index (χ2n) is 6.56. The predicted molar refractivity (Wildman–Crippen MR) is 97.1 cm³/mol. The summed E-state index contributed by atoms with van der Waals surface area (Å²) in [6.07, 6.45) is 6.43. The van der Waals surface area contributed by atoms with E-state index in [4.69, 9.17) is 10.5 Å². The summed E-state index contributed by atoms with van der Waals surface area (Å²) in [6, 6.07) is 14.4. The molecule has 1 saturated carbocycles. The van der Waals surface area contributed by atoms with Gasteiger partial charge in [0, 0.05) is 11.1 Å². The summed E-state index contributed by atoms with van der Waals surface area (Å²) < 4.78 is 5.50. The number of ketones is 1. The van der Waals surface area contributed by atoms with Gasteiger partial charge in [-0.05, 0) is 48.6 Å². The molecule has 4 nitrogen and oxygen atoms in total. The van der Waals surface area contributed by atoms with Crippen LogP contribution in [0, 0.1) is 0 Å². The third-order valence-electron chi connectivity index (χ3n) is 4.82. The van der Waals surface area contributed by atoms with Gasteiger partial charge in [-0.25, -0.2) is 0 Å². The van der Waals surface area contributed by atoms with Crippen LogP contribution >= 0.6 is 0 Å². The van der Waals surface area contributed by atoms with Crippen molar-refractivity contribution in [2.45, 2.75) is 38.0 Å². The number of benzene rings is 2. The lowest BCUT2D eigenvalue weighted by Crippen LogP contribution is -2.13. The van der Waals surface area contributed by atoms with Crippen LogP contribution in [0.2, 0.25) is 0 Å². The van der Waals surface area contributed by atoms with E-state index in [9.17, 15) is 9.59 Å². The van der Waals surface area contributed by atoms with E-state index in [0.29, 0.717) is 22.8 Å². The van der Waals surface area contributed by atoms with Crippen LogP contribution in [0.4, 0.5) is 0 Å². The van der Waals surface area contributed by atoms with E-state index < -0.39 is 5.91 Å². The fourth-order valence-corrected chi connectivity index (χ4v) is 3.32. The number of carbonyl (C=O) groups is 2. The van der Waals surface area contributed by atoms with Crippen molar-refractivity contribution in [1.29, 1.82) is 0 Å². The minimum atomic E-state index is -0.485. The van der Waals surface area contributed by atoms with Crippen LogP contribution in [-0.2, 0) is 0 Å². The fraction of sp³-hybridized carbons (Fsp3) is 0.333. The molecular formula is C21H23NO3. The van der Waals surface area contributed by atoms with Crippen molar-refractivity contribution >= 4 is 11.7 Å². The number of hydrogen-bond donors (Lipinski definition) is 1. The molecule has 1 aliphatic carbocycles. The van der Waals surface area contributed by atoms with E-state index in [-0.39, 0.29) is 12.4 Å². The summed E-state index contributed by atoms with van der Waals surface area (Å²) in [6.45, 7) is -0.0291. The van der Waals surface area contributed by atoms with Crippen molar-refractivity contribution in [3.05, 3.63) is 65.2 Å². The quantitative estimate of drug-likeness (QED) is 0.807. The second kappa shape index (κ2) is 7.97. The zero-order valence-electron chi connectivity index (χ0n) is 14.2. The SMILES string of the molecule is NC(=O)c1ccc(OCC(=O)c2ccc(C3CCCCC3)cc2)cc1. The number of Topliss-reactive ketones (excluding diaryl/α,β-unsaturated/α-hetero) is 1. The van der Waals surface area contributed by atoms with E-state index in [0.717, 1.165) is 0 Å². The van der Waals surface area contributed by atoms with Crippen molar-refractivity contribution in [3.8, 4) is 5.75 Å². The molecular weight excluding hydrogens is 314 g/mol. The zero-order chi connectivity index (χ0) is 17.6. The molecule has 0 aromatic heterocycles. The Morgan fingerprint density at radius 3 is 2.08 bits per heavy atom. The van der Waals surface area contributed by atoms with Crippen LogP contribution in [-0.4, -0.2) is 18.3 Å². The first-order chi connectivity index (χ1) is 12.1. The first-order valence-corrected chi connectivity index (χ1v) is 8.79. The molecule has 2 aromatic rings. The highest BCUT2D eigenvalue weighted by atomic mass is 16.5. The molecule has 1 aliphatic rings. The topological polar surface area (TPSA) is 69.4 Å². The first-order valence-electron chi connectivity index (χ1n) is 8.79. The highest BCUT2D eigenvalue weighted by molar-refractivity contribution is 5.97. The van der Waals surface area contributed by atoms with Crippen molar-refractivity contribution < 1.29 is 14.3 Å². The number of carbonyl (C=O) groups excluding carboxylic acids is 2. The van der Waals surface area contributed by atoms with Crippen LogP contribution in [0.3, 0.4) is 0 Å². The first kappa shape index (κ1) is 17.2. The van der Waals surface area contributed by atoms with Gasteiger partial charge < -0.3 is 10.5 Å². The highest BCUT2D eigenvalue weighted by Gasteiger charge is 2.16. The fourth-order valence-electron chi connectivity index (χ4n) is 3.32. The summed E-state index contributed by atoms with van der Waals surface area (Å²) in [5, 5.41) is 0. The molecule has 3 rings (SSSR count). The van der Waals surface area contributed by atoms with Crippen molar-refractivity contribution in [2.75, 3.05) is 6.61 Å². The van der Waals surface area contributed by atoms with Gasteiger partial charge in [0.2, 0.25) is 5.91 Å². The molecule has 0 atom stereocenters. The highest BCUT2D eigenvalue weighted by Crippen LogP contribution is 2.32. The molecule has 0 saturated heterocycles. The minimum Gasteiger partial charge on any atom is -0.485 e. The van der Waals surface area contributed by atoms with Gasteiger partial charge in [0.1, 0.15) is 5.75 Å². The third-order valence-corrected chi connectivity index (χ3v) is 4.82. The number of primary amides is 1.